The Kier molecular flexibility index (Phi) is 4.54. The fourth-order valence-corrected chi connectivity index (χ4v) is 2.04. The Morgan fingerprint density at radius 1 is 1.42 bits per heavy atom. The lowest BCUT2D eigenvalue weighted by Crippen LogP contribution is -2.30. The minimum atomic E-state index is 0.0392. The van der Waals surface area contributed by atoms with E-state index in [9.17, 15) is 0 Å². The maximum atomic E-state index is 5.73. The molecule has 1 heterocycles. The molecule has 0 saturated heterocycles. The molecule has 0 aliphatic rings. The number of hydrogen-bond donors (Lipinski definition) is 2. The summed E-state index contributed by atoms with van der Waals surface area (Å²) < 4.78 is 7.55. The first-order chi connectivity index (χ1) is 9.20. The van der Waals surface area contributed by atoms with Gasteiger partial charge in [-0.15, -0.1) is 0 Å². The van der Waals surface area contributed by atoms with Crippen LogP contribution in [0.3, 0.4) is 0 Å². The number of nitrogens with two attached hydrogens (primary N) is 1. The lowest BCUT2D eigenvalue weighted by Gasteiger charge is -2.16. The number of aromatic nitrogens is 2. The van der Waals surface area contributed by atoms with Crippen LogP contribution in [-0.4, -0.2) is 16.4 Å². The number of hydrazine groups is 1. The first kappa shape index (κ1) is 13.6. The molecule has 1 atom stereocenters. The van der Waals surface area contributed by atoms with Crippen LogP contribution >= 0.6 is 0 Å². The van der Waals surface area contributed by atoms with Crippen LogP contribution in [0.25, 0.3) is 0 Å². The zero-order valence-electron chi connectivity index (χ0n) is 11.3. The zero-order chi connectivity index (χ0) is 13.7. The molecule has 0 spiro atoms. The van der Waals surface area contributed by atoms with E-state index in [0.29, 0.717) is 6.61 Å². The number of hydrogen-bond acceptors (Lipinski definition) is 4. The normalized spacial score (nSPS) is 12.4. The molecule has 19 heavy (non-hydrogen) atoms. The summed E-state index contributed by atoms with van der Waals surface area (Å²) in [6, 6.07) is 10.0. The Morgan fingerprint density at radius 2 is 2.26 bits per heavy atom. The van der Waals surface area contributed by atoms with E-state index in [0.717, 1.165) is 17.9 Å². The molecule has 1 aromatic heterocycles. The molecule has 3 N–H and O–H groups in total. The minimum Gasteiger partial charge on any atom is -0.494 e. The predicted molar refractivity (Wildman–Crippen MR) is 74.6 cm³/mol. The molecule has 0 bridgehead atoms. The summed E-state index contributed by atoms with van der Waals surface area (Å²) in [7, 11) is 1.90. The standard InChI is InChI=1S/C14H20N4O/c1-11-4-3-5-12(10-11)19-9-7-13(17-15)14-6-8-16-18(14)2/h3-6,8,10,13,17H,7,9,15H2,1-2H3. The average molecular weight is 260 g/mol. The van der Waals surface area contributed by atoms with Gasteiger partial charge in [0, 0.05) is 19.7 Å². The van der Waals surface area contributed by atoms with Gasteiger partial charge in [0.2, 0.25) is 0 Å². The molecule has 5 heteroatoms. The van der Waals surface area contributed by atoms with Gasteiger partial charge >= 0.3 is 0 Å². The van der Waals surface area contributed by atoms with Gasteiger partial charge in [0.1, 0.15) is 5.75 Å². The van der Waals surface area contributed by atoms with Crippen molar-refractivity contribution in [2.24, 2.45) is 12.9 Å². The monoisotopic (exact) mass is 260 g/mol. The third kappa shape index (κ3) is 3.56. The largest absolute Gasteiger partial charge is 0.494 e. The van der Waals surface area contributed by atoms with Gasteiger partial charge in [-0.05, 0) is 30.7 Å². The van der Waals surface area contributed by atoms with Gasteiger partial charge in [0.05, 0.1) is 18.3 Å². The summed E-state index contributed by atoms with van der Waals surface area (Å²) in [4.78, 5) is 0. The lowest BCUT2D eigenvalue weighted by molar-refractivity contribution is 0.283. The van der Waals surface area contributed by atoms with Crippen molar-refractivity contribution in [2.45, 2.75) is 19.4 Å². The molecule has 2 aromatic rings. The van der Waals surface area contributed by atoms with Gasteiger partial charge in [-0.2, -0.15) is 5.10 Å². The summed E-state index contributed by atoms with van der Waals surface area (Å²) in [5.74, 6) is 6.48. The van der Waals surface area contributed by atoms with Crippen molar-refractivity contribution in [3.63, 3.8) is 0 Å². The Morgan fingerprint density at radius 3 is 2.89 bits per heavy atom. The highest BCUT2D eigenvalue weighted by Crippen LogP contribution is 2.17. The number of benzene rings is 1. The van der Waals surface area contributed by atoms with E-state index < -0.39 is 0 Å². The first-order valence-electron chi connectivity index (χ1n) is 6.34. The number of ether oxygens (including phenoxy) is 1. The molecule has 2 rings (SSSR count). The van der Waals surface area contributed by atoms with Crippen molar-refractivity contribution in [3.8, 4) is 5.75 Å². The quantitative estimate of drug-likeness (QED) is 0.613. The lowest BCUT2D eigenvalue weighted by atomic mass is 10.1. The molecule has 5 nitrogen and oxygen atoms in total. The van der Waals surface area contributed by atoms with Crippen molar-refractivity contribution >= 4 is 0 Å². The average Bonchev–Trinajstić information content (AvgIpc) is 2.81. The van der Waals surface area contributed by atoms with E-state index in [1.807, 2.05) is 49.0 Å². The second kappa shape index (κ2) is 6.36. The molecular weight excluding hydrogens is 240 g/mol. The van der Waals surface area contributed by atoms with Gasteiger partial charge < -0.3 is 4.74 Å². The van der Waals surface area contributed by atoms with Crippen LogP contribution in [0, 0.1) is 6.92 Å². The SMILES string of the molecule is Cc1cccc(OCCC(NN)c2ccnn2C)c1. The van der Waals surface area contributed by atoms with Crippen LogP contribution in [0.4, 0.5) is 0 Å². The highest BCUT2D eigenvalue weighted by atomic mass is 16.5. The van der Waals surface area contributed by atoms with Crippen LogP contribution in [0.15, 0.2) is 36.5 Å². The summed E-state index contributed by atoms with van der Waals surface area (Å²) in [6.07, 6.45) is 2.55. The van der Waals surface area contributed by atoms with Crippen molar-refractivity contribution in [2.75, 3.05) is 6.61 Å². The third-order valence-corrected chi connectivity index (χ3v) is 3.08. The summed E-state index contributed by atoms with van der Waals surface area (Å²) in [6.45, 7) is 2.65. The highest BCUT2D eigenvalue weighted by Gasteiger charge is 2.13. The van der Waals surface area contributed by atoms with E-state index in [-0.39, 0.29) is 6.04 Å². The molecule has 102 valence electrons. The second-order valence-electron chi connectivity index (χ2n) is 4.55. The highest BCUT2D eigenvalue weighted by molar-refractivity contribution is 5.27. The van der Waals surface area contributed by atoms with Gasteiger partial charge in [0.25, 0.3) is 0 Å². The topological polar surface area (TPSA) is 65.1 Å². The van der Waals surface area contributed by atoms with E-state index >= 15 is 0 Å². The molecule has 0 aliphatic carbocycles. The van der Waals surface area contributed by atoms with E-state index in [1.165, 1.54) is 5.56 Å². The molecule has 1 unspecified atom stereocenters. The number of rotatable bonds is 6. The minimum absolute atomic E-state index is 0.0392. The Bertz CT molecular complexity index is 524. The van der Waals surface area contributed by atoms with E-state index in [2.05, 4.69) is 10.5 Å². The number of nitrogens with one attached hydrogen (secondary N) is 1. The summed E-state index contributed by atoms with van der Waals surface area (Å²) in [5, 5.41) is 4.14. The Hall–Kier alpha value is -1.85. The Labute approximate surface area is 113 Å². The molecule has 1 aromatic carbocycles. The molecule has 0 saturated carbocycles. The Balaban J connectivity index is 1.89. The molecule has 0 fully saturated rings. The number of aryl methyl sites for hydroxylation is 2. The summed E-state index contributed by atoms with van der Waals surface area (Å²) >= 11 is 0. The smallest absolute Gasteiger partial charge is 0.119 e. The third-order valence-electron chi connectivity index (χ3n) is 3.08. The van der Waals surface area contributed by atoms with Crippen LogP contribution in [-0.2, 0) is 7.05 Å². The van der Waals surface area contributed by atoms with Crippen molar-refractivity contribution < 1.29 is 4.74 Å². The molecule has 0 amide bonds. The fraction of sp³-hybridized carbons (Fsp3) is 0.357. The van der Waals surface area contributed by atoms with Gasteiger partial charge in [0.15, 0.2) is 0 Å². The maximum absolute atomic E-state index is 5.73. The van der Waals surface area contributed by atoms with Crippen LogP contribution < -0.4 is 16.0 Å². The maximum Gasteiger partial charge on any atom is 0.119 e. The van der Waals surface area contributed by atoms with E-state index in [4.69, 9.17) is 10.6 Å². The van der Waals surface area contributed by atoms with Gasteiger partial charge in [-0.25, -0.2) is 0 Å². The second-order valence-corrected chi connectivity index (χ2v) is 4.55. The van der Waals surface area contributed by atoms with Crippen molar-refractivity contribution in [1.29, 1.82) is 0 Å². The van der Waals surface area contributed by atoms with E-state index in [1.54, 1.807) is 6.20 Å². The first-order valence-corrected chi connectivity index (χ1v) is 6.34. The number of nitrogens with zero attached hydrogens (tertiary/aromatic N) is 2. The molecule has 0 aliphatic heterocycles. The van der Waals surface area contributed by atoms with Gasteiger partial charge in [-0.1, -0.05) is 12.1 Å². The van der Waals surface area contributed by atoms with Crippen molar-refractivity contribution in [1.82, 2.24) is 15.2 Å². The predicted octanol–water partition coefficient (Wildman–Crippen LogP) is 1.70. The summed E-state index contributed by atoms with van der Waals surface area (Å²) in [5.41, 5.74) is 5.05. The van der Waals surface area contributed by atoms with Crippen LogP contribution in [0.5, 0.6) is 5.75 Å². The van der Waals surface area contributed by atoms with Crippen LogP contribution in [0.2, 0.25) is 0 Å². The molecular formula is C14H20N4O. The fourth-order valence-electron chi connectivity index (χ4n) is 2.04. The zero-order valence-corrected chi connectivity index (χ0v) is 11.3. The molecule has 0 radical (unpaired) electrons. The van der Waals surface area contributed by atoms with Gasteiger partial charge in [-0.3, -0.25) is 16.0 Å². The van der Waals surface area contributed by atoms with Crippen molar-refractivity contribution in [3.05, 3.63) is 47.8 Å². The van der Waals surface area contributed by atoms with Crippen LogP contribution in [0.1, 0.15) is 23.7 Å².